The van der Waals surface area contributed by atoms with Crippen molar-refractivity contribution in [1.82, 2.24) is 15.1 Å². The van der Waals surface area contributed by atoms with Crippen molar-refractivity contribution in [2.24, 2.45) is 0 Å². The quantitative estimate of drug-likeness (QED) is 0.687. The summed E-state index contributed by atoms with van der Waals surface area (Å²) in [4.78, 5) is 10.9. The monoisotopic (exact) mass is 381 g/mol. The summed E-state index contributed by atoms with van der Waals surface area (Å²) in [5, 5.41) is 6.82. The van der Waals surface area contributed by atoms with E-state index in [1.54, 1.807) is 41.2 Å². The van der Waals surface area contributed by atoms with Crippen LogP contribution in [0.4, 0.5) is 17.6 Å². The highest BCUT2D eigenvalue weighted by Gasteiger charge is 2.39. The first kappa shape index (κ1) is 18.7. The van der Waals surface area contributed by atoms with Gasteiger partial charge in [0, 0.05) is 5.39 Å². The van der Waals surface area contributed by atoms with E-state index in [0.717, 1.165) is 10.9 Å². The number of alkyl halides is 3. The lowest BCUT2D eigenvalue weighted by molar-refractivity contribution is -0.174. The lowest BCUT2D eigenvalue weighted by Crippen LogP contribution is -2.44. The molecule has 9 heteroatoms. The summed E-state index contributed by atoms with van der Waals surface area (Å²) in [5.41, 5.74) is 1.44. The number of ether oxygens (including phenoxy) is 1. The number of hydrogen-bond donors (Lipinski definition) is 1. The van der Waals surface area contributed by atoms with Crippen molar-refractivity contribution < 1.29 is 27.1 Å². The Hall–Kier alpha value is -3.10. The van der Waals surface area contributed by atoms with E-state index in [1.807, 2.05) is 5.32 Å². The van der Waals surface area contributed by atoms with Gasteiger partial charge in [0.1, 0.15) is 18.2 Å². The molecule has 142 valence electrons. The molecule has 0 spiro atoms. The Morgan fingerprint density at radius 3 is 2.59 bits per heavy atom. The van der Waals surface area contributed by atoms with Gasteiger partial charge in [-0.3, -0.25) is 4.79 Å². The molecule has 0 radical (unpaired) electrons. The molecule has 0 unspecified atom stereocenters. The van der Waals surface area contributed by atoms with Crippen molar-refractivity contribution in [2.75, 3.05) is 6.61 Å². The summed E-state index contributed by atoms with van der Waals surface area (Å²) in [6, 6.07) is 10.1. The average molecular weight is 381 g/mol. The Morgan fingerprint density at radius 1 is 1.22 bits per heavy atom. The van der Waals surface area contributed by atoms with Gasteiger partial charge in [0.15, 0.2) is 0 Å². The minimum Gasteiger partial charge on any atom is -0.491 e. The predicted molar refractivity (Wildman–Crippen MR) is 90.2 cm³/mol. The molecule has 0 aliphatic carbocycles. The molecule has 0 bridgehead atoms. The van der Waals surface area contributed by atoms with Crippen LogP contribution in [0.25, 0.3) is 16.6 Å². The Kier molecular flexibility index (Phi) is 5.02. The molecule has 0 saturated heterocycles. The fourth-order valence-electron chi connectivity index (χ4n) is 2.46. The zero-order chi connectivity index (χ0) is 19.6. The number of fused-ring (bicyclic) bond motifs is 1. The van der Waals surface area contributed by atoms with Crippen LogP contribution >= 0.6 is 0 Å². The van der Waals surface area contributed by atoms with Gasteiger partial charge in [0.25, 0.3) is 0 Å². The second-order valence-corrected chi connectivity index (χ2v) is 5.94. The first-order chi connectivity index (χ1) is 12.7. The fourth-order valence-corrected chi connectivity index (χ4v) is 2.46. The number of hydrogen-bond acceptors (Lipinski definition) is 3. The van der Waals surface area contributed by atoms with Gasteiger partial charge in [0.2, 0.25) is 0 Å². The third-order valence-corrected chi connectivity index (χ3v) is 3.75. The van der Waals surface area contributed by atoms with Crippen LogP contribution in [0.15, 0.2) is 48.7 Å². The summed E-state index contributed by atoms with van der Waals surface area (Å²) in [7, 11) is 0. The number of halogens is 4. The summed E-state index contributed by atoms with van der Waals surface area (Å²) >= 11 is 0. The molecule has 1 atom stereocenters. The number of carbonyl (C=O) groups excluding carboxylic acids is 1. The van der Waals surface area contributed by atoms with Gasteiger partial charge in [-0.2, -0.15) is 18.3 Å². The number of amides is 1. The average Bonchev–Trinajstić information content (AvgIpc) is 3.03. The van der Waals surface area contributed by atoms with E-state index < -0.39 is 18.1 Å². The number of benzene rings is 2. The maximum absolute atomic E-state index is 13.1. The minimum atomic E-state index is -4.93. The van der Waals surface area contributed by atoms with E-state index in [4.69, 9.17) is 4.74 Å². The fraction of sp³-hybridized carbons (Fsp3) is 0.222. The third-order valence-electron chi connectivity index (χ3n) is 3.75. The summed E-state index contributed by atoms with van der Waals surface area (Å²) < 4.78 is 56.8. The molecular formula is C18H15F4N3O2. The standard InChI is InChI=1S/C18H15F4N3O2/c1-11(24-17(26)18(20,21)22)10-27-15-6-7-16-12(8-15)9-23-25(16)14-4-2-13(19)3-5-14/h2-9,11H,10H2,1H3,(H,24,26)/t11-/m0/s1. The van der Waals surface area contributed by atoms with Crippen molar-refractivity contribution in [3.05, 3.63) is 54.5 Å². The second kappa shape index (κ2) is 7.26. The molecule has 5 nitrogen and oxygen atoms in total. The first-order valence-electron chi connectivity index (χ1n) is 7.98. The number of nitrogens with one attached hydrogen (secondary N) is 1. The van der Waals surface area contributed by atoms with E-state index in [1.165, 1.54) is 19.1 Å². The van der Waals surface area contributed by atoms with Gasteiger partial charge in [-0.25, -0.2) is 9.07 Å². The van der Waals surface area contributed by atoms with Crippen molar-refractivity contribution in [1.29, 1.82) is 0 Å². The molecule has 0 saturated carbocycles. The maximum Gasteiger partial charge on any atom is 0.471 e. The van der Waals surface area contributed by atoms with Crippen LogP contribution in [-0.4, -0.2) is 34.5 Å². The van der Waals surface area contributed by atoms with Crippen LogP contribution in [0.5, 0.6) is 5.75 Å². The van der Waals surface area contributed by atoms with Gasteiger partial charge in [-0.15, -0.1) is 0 Å². The zero-order valence-electron chi connectivity index (χ0n) is 14.1. The Bertz CT molecular complexity index is 951. The maximum atomic E-state index is 13.1. The number of rotatable bonds is 5. The van der Waals surface area contributed by atoms with Gasteiger partial charge in [-0.05, 0) is 49.4 Å². The van der Waals surface area contributed by atoms with Crippen LogP contribution in [0.2, 0.25) is 0 Å². The second-order valence-electron chi connectivity index (χ2n) is 5.94. The summed E-state index contributed by atoms with van der Waals surface area (Å²) in [6.07, 6.45) is -3.33. The van der Waals surface area contributed by atoms with Gasteiger partial charge in [-0.1, -0.05) is 0 Å². The normalized spacial score (nSPS) is 12.8. The van der Waals surface area contributed by atoms with Gasteiger partial charge in [0.05, 0.1) is 23.4 Å². The van der Waals surface area contributed by atoms with Crippen LogP contribution in [0.3, 0.4) is 0 Å². The minimum absolute atomic E-state index is 0.126. The smallest absolute Gasteiger partial charge is 0.471 e. The third kappa shape index (κ3) is 4.36. The largest absolute Gasteiger partial charge is 0.491 e. The summed E-state index contributed by atoms with van der Waals surface area (Å²) in [6.45, 7) is 1.29. The van der Waals surface area contributed by atoms with E-state index in [-0.39, 0.29) is 12.4 Å². The van der Waals surface area contributed by atoms with Crippen LogP contribution in [0, 0.1) is 5.82 Å². The molecule has 1 heterocycles. The Balaban J connectivity index is 1.69. The summed E-state index contributed by atoms with van der Waals surface area (Å²) in [5.74, 6) is -1.93. The number of aromatic nitrogens is 2. The zero-order valence-corrected chi connectivity index (χ0v) is 14.1. The molecule has 0 aliphatic heterocycles. The molecular weight excluding hydrogens is 366 g/mol. The predicted octanol–water partition coefficient (Wildman–Crippen LogP) is 3.61. The molecule has 1 amide bonds. The van der Waals surface area contributed by atoms with Crippen LogP contribution in [-0.2, 0) is 4.79 Å². The first-order valence-corrected chi connectivity index (χ1v) is 7.98. The topological polar surface area (TPSA) is 56.1 Å². The molecule has 0 aliphatic rings. The highest BCUT2D eigenvalue weighted by molar-refractivity contribution is 5.82. The van der Waals surface area contributed by atoms with Crippen LogP contribution < -0.4 is 10.1 Å². The lowest BCUT2D eigenvalue weighted by Gasteiger charge is -2.16. The SMILES string of the molecule is C[C@@H](COc1ccc2c(cnn2-c2ccc(F)cc2)c1)NC(=O)C(F)(F)F. The molecule has 3 aromatic rings. The van der Waals surface area contributed by atoms with Gasteiger partial charge >= 0.3 is 12.1 Å². The van der Waals surface area contributed by atoms with E-state index in [2.05, 4.69) is 5.10 Å². The number of nitrogens with zero attached hydrogens (tertiary/aromatic N) is 2. The molecule has 1 N–H and O–H groups in total. The number of carbonyl (C=O) groups is 1. The van der Waals surface area contributed by atoms with E-state index in [9.17, 15) is 22.4 Å². The van der Waals surface area contributed by atoms with Crippen molar-refractivity contribution >= 4 is 16.8 Å². The van der Waals surface area contributed by atoms with E-state index >= 15 is 0 Å². The highest BCUT2D eigenvalue weighted by Crippen LogP contribution is 2.23. The molecule has 27 heavy (non-hydrogen) atoms. The Labute approximate surface area is 151 Å². The van der Waals surface area contributed by atoms with Gasteiger partial charge < -0.3 is 10.1 Å². The Morgan fingerprint density at radius 2 is 1.93 bits per heavy atom. The molecule has 1 aromatic heterocycles. The molecule has 0 fully saturated rings. The molecule has 2 aromatic carbocycles. The van der Waals surface area contributed by atoms with Crippen molar-refractivity contribution in [2.45, 2.75) is 19.1 Å². The van der Waals surface area contributed by atoms with Crippen molar-refractivity contribution in [3.8, 4) is 11.4 Å². The van der Waals surface area contributed by atoms with Crippen molar-refractivity contribution in [3.63, 3.8) is 0 Å². The van der Waals surface area contributed by atoms with Crippen LogP contribution in [0.1, 0.15) is 6.92 Å². The van der Waals surface area contributed by atoms with E-state index in [0.29, 0.717) is 11.4 Å². The lowest BCUT2D eigenvalue weighted by atomic mass is 10.2. The molecule has 3 rings (SSSR count). The highest BCUT2D eigenvalue weighted by atomic mass is 19.4.